The van der Waals surface area contributed by atoms with E-state index in [2.05, 4.69) is 5.10 Å². The van der Waals surface area contributed by atoms with Gasteiger partial charge in [-0.15, -0.1) is 12.4 Å². The molecule has 2 N–H and O–H groups in total. The summed E-state index contributed by atoms with van der Waals surface area (Å²) >= 11 is 0. The molecule has 1 amide bonds. The van der Waals surface area contributed by atoms with E-state index in [0.717, 1.165) is 5.56 Å². The highest BCUT2D eigenvalue weighted by Gasteiger charge is 2.12. The molecule has 1 aromatic heterocycles. The molecule has 0 fully saturated rings. The van der Waals surface area contributed by atoms with Crippen molar-refractivity contribution in [2.75, 3.05) is 0 Å². The lowest BCUT2D eigenvalue weighted by Gasteiger charge is -2.01. The van der Waals surface area contributed by atoms with Crippen LogP contribution in [-0.2, 0) is 11.8 Å². The molecule has 1 unspecified atom stereocenters. The number of aryl methyl sites for hydroxylation is 1. The number of aromatic nitrogens is 2. The van der Waals surface area contributed by atoms with Crippen molar-refractivity contribution in [1.82, 2.24) is 9.78 Å². The zero-order valence-electron chi connectivity index (χ0n) is 7.02. The Hall–Kier alpha value is -1.03. The van der Waals surface area contributed by atoms with Crippen molar-refractivity contribution in [3.8, 4) is 0 Å². The first-order valence-corrected chi connectivity index (χ1v) is 3.39. The second-order valence-corrected chi connectivity index (χ2v) is 2.57. The predicted molar refractivity (Wildman–Crippen MR) is 48.1 cm³/mol. The quantitative estimate of drug-likeness (QED) is 0.734. The Kier molecular flexibility index (Phi) is 3.76. The number of carbonyl (C=O) groups is 1. The number of carbonyl (C=O) groups excluding carboxylic acids is 1. The maximum Gasteiger partial charge on any atom is 0.224 e. The molecule has 12 heavy (non-hydrogen) atoms. The fourth-order valence-corrected chi connectivity index (χ4v) is 0.828. The Morgan fingerprint density at radius 1 is 1.75 bits per heavy atom. The summed E-state index contributed by atoms with van der Waals surface area (Å²) in [5, 5.41) is 3.93. The molecule has 5 heteroatoms. The van der Waals surface area contributed by atoms with Crippen molar-refractivity contribution in [2.45, 2.75) is 12.8 Å². The maximum atomic E-state index is 10.7. The Labute approximate surface area is 77.2 Å². The van der Waals surface area contributed by atoms with Gasteiger partial charge in [0.25, 0.3) is 0 Å². The number of nitrogens with two attached hydrogens (primary N) is 1. The van der Waals surface area contributed by atoms with Gasteiger partial charge in [-0.25, -0.2) is 0 Å². The highest BCUT2D eigenvalue weighted by molar-refractivity contribution is 5.85. The van der Waals surface area contributed by atoms with Gasteiger partial charge >= 0.3 is 0 Å². The normalized spacial score (nSPS) is 11.8. The van der Waals surface area contributed by atoms with E-state index in [1.54, 1.807) is 31.0 Å². The molecule has 0 saturated heterocycles. The lowest BCUT2D eigenvalue weighted by atomic mass is 10.1. The van der Waals surface area contributed by atoms with Crippen molar-refractivity contribution in [3.05, 3.63) is 18.0 Å². The van der Waals surface area contributed by atoms with Crippen LogP contribution in [0.3, 0.4) is 0 Å². The summed E-state index contributed by atoms with van der Waals surface area (Å²) in [7, 11) is 1.80. The van der Waals surface area contributed by atoms with Gasteiger partial charge in [0.15, 0.2) is 0 Å². The average molecular weight is 190 g/mol. The minimum Gasteiger partial charge on any atom is -0.369 e. The summed E-state index contributed by atoms with van der Waals surface area (Å²) < 4.78 is 1.65. The van der Waals surface area contributed by atoms with Gasteiger partial charge in [-0.2, -0.15) is 5.10 Å². The van der Waals surface area contributed by atoms with E-state index in [4.69, 9.17) is 5.73 Å². The number of nitrogens with zero attached hydrogens (tertiary/aromatic N) is 2. The molecular formula is C7H12ClN3O. The molecule has 1 atom stereocenters. The van der Waals surface area contributed by atoms with E-state index in [1.807, 2.05) is 0 Å². The summed E-state index contributed by atoms with van der Waals surface area (Å²) in [6.07, 6.45) is 3.44. The first kappa shape index (κ1) is 11.0. The minimum atomic E-state index is -0.321. The van der Waals surface area contributed by atoms with E-state index in [1.165, 1.54) is 0 Å². The van der Waals surface area contributed by atoms with Crippen molar-refractivity contribution >= 4 is 18.3 Å². The molecule has 0 aliphatic rings. The molecule has 0 aliphatic heterocycles. The summed E-state index contributed by atoms with van der Waals surface area (Å²) in [4.78, 5) is 10.7. The van der Waals surface area contributed by atoms with E-state index < -0.39 is 0 Å². The highest BCUT2D eigenvalue weighted by Crippen LogP contribution is 2.11. The molecule has 0 aromatic carbocycles. The zero-order chi connectivity index (χ0) is 8.43. The predicted octanol–water partition coefficient (Wildman–Crippen LogP) is 0.431. The van der Waals surface area contributed by atoms with Crippen LogP contribution in [0.1, 0.15) is 18.4 Å². The van der Waals surface area contributed by atoms with Gasteiger partial charge in [0, 0.05) is 18.8 Å². The largest absolute Gasteiger partial charge is 0.369 e. The fraction of sp³-hybridized carbons (Fsp3) is 0.429. The van der Waals surface area contributed by atoms with Crippen LogP contribution in [0.4, 0.5) is 0 Å². The molecule has 0 bridgehead atoms. The van der Waals surface area contributed by atoms with Gasteiger partial charge in [0.2, 0.25) is 5.91 Å². The highest BCUT2D eigenvalue weighted by atomic mass is 35.5. The monoisotopic (exact) mass is 189 g/mol. The third-order valence-corrected chi connectivity index (χ3v) is 1.65. The Morgan fingerprint density at radius 3 is 2.67 bits per heavy atom. The molecule has 0 aliphatic carbocycles. The summed E-state index contributed by atoms with van der Waals surface area (Å²) in [5.74, 6) is -0.568. The standard InChI is InChI=1S/C7H11N3O.ClH/c1-5(7(8)11)6-3-9-10(2)4-6;/h3-5H,1-2H3,(H2,8,11);1H. The first-order valence-electron chi connectivity index (χ1n) is 3.39. The van der Waals surface area contributed by atoms with Gasteiger partial charge in [0.1, 0.15) is 0 Å². The van der Waals surface area contributed by atoms with Crippen LogP contribution in [0.2, 0.25) is 0 Å². The lowest BCUT2D eigenvalue weighted by Crippen LogP contribution is -2.18. The number of hydrogen-bond acceptors (Lipinski definition) is 2. The summed E-state index contributed by atoms with van der Waals surface area (Å²) in [6.45, 7) is 1.76. The number of primary amides is 1. The van der Waals surface area contributed by atoms with Crippen LogP contribution < -0.4 is 5.73 Å². The fourth-order valence-electron chi connectivity index (χ4n) is 0.828. The molecule has 0 saturated carbocycles. The van der Waals surface area contributed by atoms with Gasteiger partial charge in [0.05, 0.1) is 12.1 Å². The molecule has 0 radical (unpaired) electrons. The second kappa shape index (κ2) is 4.11. The molecule has 1 rings (SSSR count). The van der Waals surface area contributed by atoms with E-state index in [9.17, 15) is 4.79 Å². The maximum absolute atomic E-state index is 10.7. The van der Waals surface area contributed by atoms with Crippen LogP contribution in [0.25, 0.3) is 0 Å². The molecular weight excluding hydrogens is 178 g/mol. The summed E-state index contributed by atoms with van der Waals surface area (Å²) in [5.41, 5.74) is 5.96. The topological polar surface area (TPSA) is 60.9 Å². The number of hydrogen-bond donors (Lipinski definition) is 1. The van der Waals surface area contributed by atoms with E-state index in [0.29, 0.717) is 0 Å². The smallest absolute Gasteiger partial charge is 0.224 e. The molecule has 0 spiro atoms. The van der Waals surface area contributed by atoms with Gasteiger partial charge in [-0.05, 0) is 6.92 Å². The molecule has 4 nitrogen and oxygen atoms in total. The van der Waals surface area contributed by atoms with Crippen LogP contribution in [-0.4, -0.2) is 15.7 Å². The van der Waals surface area contributed by atoms with Crippen LogP contribution in [0, 0.1) is 0 Å². The molecule has 68 valence electrons. The average Bonchev–Trinajstić information content (AvgIpc) is 2.34. The van der Waals surface area contributed by atoms with Crippen molar-refractivity contribution in [3.63, 3.8) is 0 Å². The second-order valence-electron chi connectivity index (χ2n) is 2.57. The third kappa shape index (κ3) is 2.23. The number of halogens is 1. The lowest BCUT2D eigenvalue weighted by molar-refractivity contribution is -0.119. The van der Waals surface area contributed by atoms with Gasteiger partial charge in [-0.3, -0.25) is 9.48 Å². The van der Waals surface area contributed by atoms with Crippen LogP contribution in [0.15, 0.2) is 12.4 Å². The first-order chi connectivity index (χ1) is 5.11. The van der Waals surface area contributed by atoms with Crippen molar-refractivity contribution in [1.29, 1.82) is 0 Å². The molecule has 1 aromatic rings. The Morgan fingerprint density at radius 2 is 2.33 bits per heavy atom. The zero-order valence-corrected chi connectivity index (χ0v) is 7.84. The van der Waals surface area contributed by atoms with Crippen molar-refractivity contribution in [2.24, 2.45) is 12.8 Å². The van der Waals surface area contributed by atoms with Gasteiger partial charge in [-0.1, -0.05) is 0 Å². The molecule has 1 heterocycles. The number of amides is 1. The Bertz CT molecular complexity index is 271. The van der Waals surface area contributed by atoms with E-state index in [-0.39, 0.29) is 24.2 Å². The van der Waals surface area contributed by atoms with E-state index >= 15 is 0 Å². The minimum absolute atomic E-state index is 0. The number of rotatable bonds is 2. The van der Waals surface area contributed by atoms with Gasteiger partial charge < -0.3 is 5.73 Å². The van der Waals surface area contributed by atoms with Crippen LogP contribution >= 0.6 is 12.4 Å². The van der Waals surface area contributed by atoms with Crippen LogP contribution in [0.5, 0.6) is 0 Å². The van der Waals surface area contributed by atoms with Crippen molar-refractivity contribution < 1.29 is 4.79 Å². The SMILES string of the molecule is CC(C(N)=O)c1cnn(C)c1.Cl. The third-order valence-electron chi connectivity index (χ3n) is 1.65. The Balaban J connectivity index is 0.00000121. The summed E-state index contributed by atoms with van der Waals surface area (Å²) in [6, 6.07) is 0.